The van der Waals surface area contributed by atoms with Crippen molar-refractivity contribution in [2.24, 2.45) is 5.92 Å². The highest BCUT2D eigenvalue weighted by Crippen LogP contribution is 2.34. The number of aromatic nitrogens is 2. The van der Waals surface area contributed by atoms with Crippen molar-refractivity contribution in [2.45, 2.75) is 39.5 Å². The second-order valence-electron chi connectivity index (χ2n) is 5.77. The summed E-state index contributed by atoms with van der Waals surface area (Å²) in [6.07, 6.45) is 4.94. The Balaban J connectivity index is 2.04. The molecule has 0 bridgehead atoms. The minimum atomic E-state index is 0.737. The van der Waals surface area contributed by atoms with E-state index in [0.717, 1.165) is 42.0 Å². The molecule has 21 heavy (non-hydrogen) atoms. The van der Waals surface area contributed by atoms with Crippen LogP contribution in [0.5, 0.6) is 0 Å². The van der Waals surface area contributed by atoms with Crippen LogP contribution >= 0.6 is 11.3 Å². The summed E-state index contributed by atoms with van der Waals surface area (Å²) in [6, 6.07) is 2.28. The molecule has 1 unspecified atom stereocenters. The Labute approximate surface area is 130 Å². The molecule has 2 aromatic rings. The Morgan fingerprint density at radius 2 is 2.24 bits per heavy atom. The number of nitrogens with zero attached hydrogens (tertiary/aromatic N) is 3. The van der Waals surface area contributed by atoms with E-state index < -0.39 is 0 Å². The number of piperidine rings is 1. The van der Waals surface area contributed by atoms with E-state index in [1.54, 1.807) is 11.3 Å². The molecule has 4 nitrogen and oxygen atoms in total. The first-order valence-corrected chi connectivity index (χ1v) is 8.80. The van der Waals surface area contributed by atoms with Gasteiger partial charge in [-0.3, -0.25) is 0 Å². The summed E-state index contributed by atoms with van der Waals surface area (Å²) < 4.78 is 0. The van der Waals surface area contributed by atoms with Gasteiger partial charge in [-0.15, -0.1) is 11.3 Å². The van der Waals surface area contributed by atoms with E-state index in [1.807, 2.05) is 7.05 Å². The zero-order valence-electron chi connectivity index (χ0n) is 13.1. The van der Waals surface area contributed by atoms with E-state index in [9.17, 15) is 0 Å². The molecule has 0 spiro atoms. The van der Waals surface area contributed by atoms with Crippen LogP contribution in [0.1, 0.15) is 38.0 Å². The molecule has 0 aliphatic carbocycles. The Morgan fingerprint density at radius 3 is 2.95 bits per heavy atom. The summed E-state index contributed by atoms with van der Waals surface area (Å²) >= 11 is 1.79. The standard InChI is InChI=1S/C16H24N4S/c1-4-11-7-6-8-20(10-11)14-13-9-12(5-2)21-15(13)19-16(17-3)18-14/h9,11H,4-8,10H2,1-3H3,(H,17,18,19). The van der Waals surface area contributed by atoms with Gasteiger partial charge in [0, 0.05) is 25.0 Å². The zero-order chi connectivity index (χ0) is 14.8. The molecule has 3 rings (SSSR count). The molecule has 5 heteroatoms. The fraction of sp³-hybridized carbons (Fsp3) is 0.625. The van der Waals surface area contributed by atoms with Crippen molar-refractivity contribution in [1.82, 2.24) is 9.97 Å². The van der Waals surface area contributed by atoms with Crippen molar-refractivity contribution < 1.29 is 0 Å². The third-order valence-corrected chi connectivity index (χ3v) is 5.56. The molecular formula is C16H24N4S. The lowest BCUT2D eigenvalue weighted by Crippen LogP contribution is -2.35. The van der Waals surface area contributed by atoms with Gasteiger partial charge in [-0.05, 0) is 31.2 Å². The molecule has 114 valence electrons. The lowest BCUT2D eigenvalue weighted by molar-refractivity contribution is 0.403. The second-order valence-corrected chi connectivity index (χ2v) is 6.88. The van der Waals surface area contributed by atoms with Gasteiger partial charge in [-0.2, -0.15) is 4.98 Å². The summed E-state index contributed by atoms with van der Waals surface area (Å²) in [6.45, 7) is 6.74. The summed E-state index contributed by atoms with van der Waals surface area (Å²) in [5.41, 5.74) is 0. The summed E-state index contributed by atoms with van der Waals surface area (Å²) in [5, 5.41) is 4.34. The summed E-state index contributed by atoms with van der Waals surface area (Å²) in [7, 11) is 1.89. The maximum absolute atomic E-state index is 4.77. The molecule has 0 saturated carbocycles. The number of fused-ring (bicyclic) bond motifs is 1. The monoisotopic (exact) mass is 304 g/mol. The van der Waals surface area contributed by atoms with E-state index in [-0.39, 0.29) is 0 Å². The quantitative estimate of drug-likeness (QED) is 0.929. The molecular weight excluding hydrogens is 280 g/mol. The molecule has 1 aliphatic rings. The highest BCUT2D eigenvalue weighted by Gasteiger charge is 2.23. The van der Waals surface area contributed by atoms with Gasteiger partial charge in [0.25, 0.3) is 0 Å². The molecule has 0 amide bonds. The van der Waals surface area contributed by atoms with Crippen molar-refractivity contribution in [3.63, 3.8) is 0 Å². The number of thiophene rings is 1. The fourth-order valence-corrected chi connectivity index (χ4v) is 4.04. The van der Waals surface area contributed by atoms with E-state index >= 15 is 0 Å². The van der Waals surface area contributed by atoms with Gasteiger partial charge >= 0.3 is 0 Å². The normalized spacial score (nSPS) is 19.2. The Hall–Kier alpha value is -1.36. The van der Waals surface area contributed by atoms with Crippen molar-refractivity contribution >= 4 is 33.3 Å². The Bertz CT molecular complexity index is 622. The van der Waals surface area contributed by atoms with Crippen LogP contribution in [0.15, 0.2) is 6.07 Å². The molecule has 3 heterocycles. The number of nitrogens with one attached hydrogen (secondary N) is 1. The van der Waals surface area contributed by atoms with Crippen LogP contribution in [0.2, 0.25) is 0 Å². The summed E-state index contributed by atoms with van der Waals surface area (Å²) in [4.78, 5) is 14.4. The lowest BCUT2D eigenvalue weighted by Gasteiger charge is -2.33. The van der Waals surface area contributed by atoms with Crippen molar-refractivity contribution in [3.05, 3.63) is 10.9 Å². The molecule has 1 atom stereocenters. The van der Waals surface area contributed by atoms with Gasteiger partial charge in [0.05, 0.1) is 5.39 Å². The van der Waals surface area contributed by atoms with Crippen LogP contribution in [0.25, 0.3) is 10.2 Å². The number of hydrogen-bond acceptors (Lipinski definition) is 5. The first-order chi connectivity index (χ1) is 10.2. The first kappa shape index (κ1) is 14.6. The fourth-order valence-electron chi connectivity index (χ4n) is 3.07. The Kier molecular flexibility index (Phi) is 4.29. The average Bonchev–Trinajstić information content (AvgIpc) is 2.96. The number of aryl methyl sites for hydroxylation is 1. The van der Waals surface area contributed by atoms with Crippen molar-refractivity contribution in [2.75, 3.05) is 30.4 Å². The second kappa shape index (κ2) is 6.18. The molecule has 0 radical (unpaired) electrons. The number of anilines is 2. The molecule has 1 fully saturated rings. The minimum absolute atomic E-state index is 0.737. The highest BCUT2D eigenvalue weighted by atomic mass is 32.1. The third-order valence-electron chi connectivity index (χ3n) is 4.39. The van der Waals surface area contributed by atoms with Crippen molar-refractivity contribution in [1.29, 1.82) is 0 Å². The predicted octanol–water partition coefficient (Wildman–Crippen LogP) is 3.92. The molecule has 2 aromatic heterocycles. The average molecular weight is 304 g/mol. The van der Waals surface area contributed by atoms with Gasteiger partial charge in [0.2, 0.25) is 5.95 Å². The van der Waals surface area contributed by atoms with Gasteiger partial charge in [-0.25, -0.2) is 4.98 Å². The Morgan fingerprint density at radius 1 is 1.38 bits per heavy atom. The van der Waals surface area contributed by atoms with Crippen LogP contribution in [0, 0.1) is 5.92 Å². The molecule has 1 aliphatic heterocycles. The smallest absolute Gasteiger partial charge is 0.225 e. The highest BCUT2D eigenvalue weighted by molar-refractivity contribution is 7.18. The predicted molar refractivity (Wildman–Crippen MR) is 91.6 cm³/mol. The van der Waals surface area contributed by atoms with Crippen LogP contribution in [-0.4, -0.2) is 30.1 Å². The topological polar surface area (TPSA) is 41.1 Å². The SMILES string of the molecule is CCc1cc2c(N3CCCC(CC)C3)nc(NC)nc2s1. The van der Waals surface area contributed by atoms with E-state index in [2.05, 4.69) is 35.1 Å². The zero-order valence-corrected chi connectivity index (χ0v) is 14.0. The maximum atomic E-state index is 4.77. The lowest BCUT2D eigenvalue weighted by atomic mass is 9.95. The molecule has 1 N–H and O–H groups in total. The largest absolute Gasteiger partial charge is 0.357 e. The number of hydrogen-bond donors (Lipinski definition) is 1. The summed E-state index contributed by atoms with van der Waals surface area (Å²) in [5.74, 6) is 2.66. The van der Waals surface area contributed by atoms with Crippen LogP contribution < -0.4 is 10.2 Å². The number of rotatable bonds is 4. The van der Waals surface area contributed by atoms with Gasteiger partial charge in [-0.1, -0.05) is 20.3 Å². The van der Waals surface area contributed by atoms with E-state index in [1.165, 1.54) is 29.5 Å². The first-order valence-electron chi connectivity index (χ1n) is 7.98. The van der Waals surface area contributed by atoms with Gasteiger partial charge in [0.1, 0.15) is 10.6 Å². The van der Waals surface area contributed by atoms with Gasteiger partial charge in [0.15, 0.2) is 0 Å². The van der Waals surface area contributed by atoms with E-state index in [0.29, 0.717) is 0 Å². The van der Waals surface area contributed by atoms with Gasteiger partial charge < -0.3 is 10.2 Å². The molecule has 0 aromatic carbocycles. The van der Waals surface area contributed by atoms with Crippen LogP contribution in [-0.2, 0) is 6.42 Å². The molecule has 1 saturated heterocycles. The minimum Gasteiger partial charge on any atom is -0.357 e. The van der Waals surface area contributed by atoms with Crippen molar-refractivity contribution in [3.8, 4) is 0 Å². The van der Waals surface area contributed by atoms with Crippen LogP contribution in [0.3, 0.4) is 0 Å². The maximum Gasteiger partial charge on any atom is 0.225 e. The van der Waals surface area contributed by atoms with Crippen LogP contribution in [0.4, 0.5) is 11.8 Å². The third kappa shape index (κ3) is 2.84. The van der Waals surface area contributed by atoms with E-state index in [4.69, 9.17) is 4.98 Å².